The third-order valence-corrected chi connectivity index (χ3v) is 2.90. The van der Waals surface area contributed by atoms with Gasteiger partial charge in [-0.25, -0.2) is 4.98 Å². The van der Waals surface area contributed by atoms with Crippen LogP contribution in [0.2, 0.25) is 0 Å². The van der Waals surface area contributed by atoms with Crippen molar-refractivity contribution in [3.8, 4) is 0 Å². The predicted molar refractivity (Wildman–Crippen MR) is 64.5 cm³/mol. The molecule has 1 saturated heterocycles. The number of nitrogens with zero attached hydrogens (tertiary/aromatic N) is 2. The Hall–Kier alpha value is -1.13. The Morgan fingerprint density at radius 2 is 2.50 bits per heavy atom. The van der Waals surface area contributed by atoms with E-state index >= 15 is 0 Å². The zero-order valence-electron chi connectivity index (χ0n) is 9.69. The third kappa shape index (κ3) is 2.51. The highest BCUT2D eigenvalue weighted by Crippen LogP contribution is 2.21. The van der Waals surface area contributed by atoms with E-state index in [0.717, 1.165) is 31.9 Å². The number of hydrogen-bond acceptors (Lipinski definition) is 4. The molecule has 0 amide bonds. The van der Waals surface area contributed by atoms with Crippen LogP contribution >= 0.6 is 0 Å². The van der Waals surface area contributed by atoms with E-state index in [4.69, 9.17) is 0 Å². The smallest absolute Gasteiger partial charge is 0.133 e. The lowest BCUT2D eigenvalue weighted by Gasteiger charge is -2.20. The van der Waals surface area contributed by atoms with E-state index in [9.17, 15) is 5.11 Å². The number of anilines is 1. The number of aromatic nitrogens is 1. The summed E-state index contributed by atoms with van der Waals surface area (Å²) in [5.74, 6) is 1.01. The lowest BCUT2D eigenvalue weighted by Crippen LogP contribution is -2.25. The summed E-state index contributed by atoms with van der Waals surface area (Å²) < 4.78 is 0. The van der Waals surface area contributed by atoms with E-state index in [1.165, 1.54) is 5.56 Å². The van der Waals surface area contributed by atoms with Crippen LogP contribution in [0, 0.1) is 0 Å². The van der Waals surface area contributed by atoms with Gasteiger partial charge in [0.15, 0.2) is 0 Å². The first-order valence-electron chi connectivity index (χ1n) is 5.89. The molecule has 0 radical (unpaired) electrons. The topological polar surface area (TPSA) is 48.4 Å². The van der Waals surface area contributed by atoms with E-state index in [0.29, 0.717) is 6.54 Å². The minimum absolute atomic E-state index is 0.200. The highest BCUT2D eigenvalue weighted by atomic mass is 16.3. The first kappa shape index (κ1) is 11.4. The molecule has 0 spiro atoms. The molecule has 0 aliphatic carbocycles. The Labute approximate surface area is 96.3 Å². The number of nitrogens with one attached hydrogen (secondary N) is 1. The van der Waals surface area contributed by atoms with E-state index in [-0.39, 0.29) is 6.10 Å². The van der Waals surface area contributed by atoms with Gasteiger partial charge in [0, 0.05) is 31.4 Å². The van der Waals surface area contributed by atoms with Crippen LogP contribution in [0.3, 0.4) is 0 Å². The normalized spacial score (nSPS) is 20.4. The second kappa shape index (κ2) is 5.27. The number of β-amino-alcohol motifs (C(OH)–C–C–N with tert-alkyl or cyclic N) is 1. The molecule has 88 valence electrons. The summed E-state index contributed by atoms with van der Waals surface area (Å²) >= 11 is 0. The van der Waals surface area contributed by atoms with Crippen LogP contribution in [0.25, 0.3) is 0 Å². The maximum Gasteiger partial charge on any atom is 0.133 e. The molecule has 1 aromatic rings. The fraction of sp³-hybridized carbons (Fsp3) is 0.583. The van der Waals surface area contributed by atoms with Crippen LogP contribution in [0.15, 0.2) is 18.3 Å². The SMILES string of the molecule is CCNCc1cccnc1N1CCC(O)C1. The minimum atomic E-state index is -0.200. The molecule has 0 aromatic carbocycles. The van der Waals surface area contributed by atoms with Crippen molar-refractivity contribution < 1.29 is 5.11 Å². The molecule has 0 saturated carbocycles. The number of rotatable bonds is 4. The van der Waals surface area contributed by atoms with Crippen LogP contribution in [0.4, 0.5) is 5.82 Å². The van der Waals surface area contributed by atoms with Gasteiger partial charge >= 0.3 is 0 Å². The van der Waals surface area contributed by atoms with Crippen LogP contribution in [0.1, 0.15) is 18.9 Å². The van der Waals surface area contributed by atoms with Gasteiger partial charge in [-0.2, -0.15) is 0 Å². The molecular formula is C12H19N3O. The fourth-order valence-corrected chi connectivity index (χ4v) is 2.05. The van der Waals surface area contributed by atoms with Crippen molar-refractivity contribution in [3.05, 3.63) is 23.9 Å². The van der Waals surface area contributed by atoms with E-state index < -0.39 is 0 Å². The monoisotopic (exact) mass is 221 g/mol. The molecule has 2 N–H and O–H groups in total. The lowest BCUT2D eigenvalue weighted by molar-refractivity contribution is 0.198. The summed E-state index contributed by atoms with van der Waals surface area (Å²) in [6.07, 6.45) is 2.46. The van der Waals surface area contributed by atoms with E-state index in [2.05, 4.69) is 28.2 Å². The quantitative estimate of drug-likeness (QED) is 0.788. The third-order valence-electron chi connectivity index (χ3n) is 2.90. The average Bonchev–Trinajstić information content (AvgIpc) is 2.73. The maximum absolute atomic E-state index is 9.54. The Bertz CT molecular complexity index is 343. The summed E-state index contributed by atoms with van der Waals surface area (Å²) in [4.78, 5) is 6.59. The molecule has 0 bridgehead atoms. The van der Waals surface area contributed by atoms with Gasteiger partial charge in [0.25, 0.3) is 0 Å². The van der Waals surface area contributed by atoms with Crippen LogP contribution in [0.5, 0.6) is 0 Å². The maximum atomic E-state index is 9.54. The second-order valence-corrected chi connectivity index (χ2v) is 4.15. The number of aliphatic hydroxyl groups is 1. The lowest BCUT2D eigenvalue weighted by atomic mass is 10.2. The van der Waals surface area contributed by atoms with Crippen molar-refractivity contribution in [2.75, 3.05) is 24.5 Å². The second-order valence-electron chi connectivity index (χ2n) is 4.15. The van der Waals surface area contributed by atoms with Crippen molar-refractivity contribution in [3.63, 3.8) is 0 Å². The van der Waals surface area contributed by atoms with E-state index in [1.54, 1.807) is 0 Å². The Balaban J connectivity index is 2.12. The molecule has 1 atom stereocenters. The number of pyridine rings is 1. The molecule has 1 fully saturated rings. The summed E-state index contributed by atoms with van der Waals surface area (Å²) in [5.41, 5.74) is 1.21. The van der Waals surface area contributed by atoms with Gasteiger partial charge in [0.2, 0.25) is 0 Å². The molecule has 1 aliphatic heterocycles. The number of hydrogen-bond donors (Lipinski definition) is 2. The van der Waals surface area contributed by atoms with Gasteiger partial charge in [0.1, 0.15) is 5.82 Å². The molecule has 1 aliphatic rings. The van der Waals surface area contributed by atoms with Crippen LogP contribution < -0.4 is 10.2 Å². The molecule has 2 rings (SSSR count). The molecule has 4 nitrogen and oxygen atoms in total. The molecule has 1 unspecified atom stereocenters. The van der Waals surface area contributed by atoms with Crippen molar-refractivity contribution in [2.24, 2.45) is 0 Å². The summed E-state index contributed by atoms with van der Waals surface area (Å²) in [6.45, 7) is 5.49. The van der Waals surface area contributed by atoms with Gasteiger partial charge in [-0.1, -0.05) is 13.0 Å². The van der Waals surface area contributed by atoms with Gasteiger partial charge in [-0.15, -0.1) is 0 Å². The van der Waals surface area contributed by atoms with Crippen molar-refractivity contribution in [1.29, 1.82) is 0 Å². The molecule has 4 heteroatoms. The van der Waals surface area contributed by atoms with E-state index in [1.807, 2.05) is 12.3 Å². The standard InChI is InChI=1S/C12H19N3O/c1-2-13-8-10-4-3-6-14-12(10)15-7-5-11(16)9-15/h3-4,6,11,13,16H,2,5,7-9H2,1H3. The Morgan fingerprint density at radius 3 is 3.19 bits per heavy atom. The largest absolute Gasteiger partial charge is 0.391 e. The van der Waals surface area contributed by atoms with Gasteiger partial charge < -0.3 is 15.3 Å². The molecule has 16 heavy (non-hydrogen) atoms. The fourth-order valence-electron chi connectivity index (χ4n) is 2.05. The van der Waals surface area contributed by atoms with Crippen LogP contribution in [-0.4, -0.2) is 35.8 Å². The van der Waals surface area contributed by atoms with Gasteiger partial charge in [-0.3, -0.25) is 0 Å². The van der Waals surface area contributed by atoms with Gasteiger partial charge in [0.05, 0.1) is 6.10 Å². The first-order chi connectivity index (χ1) is 7.81. The minimum Gasteiger partial charge on any atom is -0.391 e. The number of aliphatic hydroxyl groups excluding tert-OH is 1. The molecule has 1 aromatic heterocycles. The average molecular weight is 221 g/mol. The summed E-state index contributed by atoms with van der Waals surface area (Å²) in [7, 11) is 0. The Morgan fingerprint density at radius 1 is 1.62 bits per heavy atom. The molecule has 2 heterocycles. The predicted octanol–water partition coefficient (Wildman–Crippen LogP) is 0.762. The highest BCUT2D eigenvalue weighted by Gasteiger charge is 2.22. The zero-order valence-corrected chi connectivity index (χ0v) is 9.69. The van der Waals surface area contributed by atoms with Crippen molar-refractivity contribution in [1.82, 2.24) is 10.3 Å². The first-order valence-corrected chi connectivity index (χ1v) is 5.89. The summed E-state index contributed by atoms with van der Waals surface area (Å²) in [5, 5.41) is 12.9. The zero-order chi connectivity index (χ0) is 11.4. The Kier molecular flexibility index (Phi) is 3.74. The van der Waals surface area contributed by atoms with Crippen molar-refractivity contribution >= 4 is 5.82 Å². The van der Waals surface area contributed by atoms with Crippen molar-refractivity contribution in [2.45, 2.75) is 26.0 Å². The van der Waals surface area contributed by atoms with Gasteiger partial charge in [-0.05, 0) is 19.0 Å². The highest BCUT2D eigenvalue weighted by molar-refractivity contribution is 5.47. The summed E-state index contributed by atoms with van der Waals surface area (Å²) in [6, 6.07) is 4.05. The molecular weight excluding hydrogens is 202 g/mol. The van der Waals surface area contributed by atoms with Crippen LogP contribution in [-0.2, 0) is 6.54 Å².